The van der Waals surface area contributed by atoms with Crippen LogP contribution in [0.2, 0.25) is 0 Å². The van der Waals surface area contributed by atoms with Gasteiger partial charge in [0.2, 0.25) is 0 Å². The quantitative estimate of drug-likeness (QED) is 0.173. The summed E-state index contributed by atoms with van der Waals surface area (Å²) < 4.78 is 9.11. The Morgan fingerprint density at radius 3 is 1.72 bits per heavy atom. The van der Waals surface area contributed by atoms with E-state index in [0.29, 0.717) is 17.5 Å². The van der Waals surface area contributed by atoms with Crippen molar-refractivity contribution in [1.82, 2.24) is 19.5 Å². The summed E-state index contributed by atoms with van der Waals surface area (Å²) in [5.41, 5.74) is 7.59. The Labute approximate surface area is 308 Å². The number of aromatic nitrogens is 4. The minimum Gasteiger partial charge on any atom is -0.456 e. The molecule has 0 aliphatic rings. The lowest BCUT2D eigenvalue weighted by Gasteiger charge is -2.13. The molecule has 0 fully saturated rings. The van der Waals surface area contributed by atoms with Crippen molar-refractivity contribution in [2.45, 2.75) is 0 Å². The molecule has 0 bridgehead atoms. The van der Waals surface area contributed by atoms with E-state index in [-0.39, 0.29) is 0 Å². The van der Waals surface area contributed by atoms with Crippen molar-refractivity contribution in [3.63, 3.8) is 0 Å². The predicted molar refractivity (Wildman–Crippen MR) is 221 cm³/mol. The SMILES string of the molecule is c1ccc(-c2nc(-c3ccccc3)nc(-c3cc(-n4c5cccc6c7ccccc7c7c8ccccc8cc4c7c65)cc4oc5ccccc5c34)n2)cc1. The number of para-hydroxylation sites is 1. The van der Waals surface area contributed by atoms with Crippen LogP contribution in [0.1, 0.15) is 0 Å². The third kappa shape index (κ3) is 4.12. The van der Waals surface area contributed by atoms with E-state index in [2.05, 4.69) is 102 Å². The fourth-order valence-corrected chi connectivity index (χ4v) is 8.67. The maximum Gasteiger partial charge on any atom is 0.164 e. The first-order valence-corrected chi connectivity index (χ1v) is 18.2. The van der Waals surface area contributed by atoms with Gasteiger partial charge in [-0.2, -0.15) is 0 Å². The van der Waals surface area contributed by atoms with Crippen LogP contribution in [-0.4, -0.2) is 19.5 Å². The zero-order chi connectivity index (χ0) is 35.3. The minimum absolute atomic E-state index is 0.588. The average molecular weight is 689 g/mol. The molecule has 0 N–H and O–H groups in total. The Balaban J connectivity index is 1.24. The van der Waals surface area contributed by atoms with Crippen LogP contribution in [0.4, 0.5) is 0 Å². The van der Waals surface area contributed by atoms with Gasteiger partial charge in [0.05, 0.1) is 16.7 Å². The van der Waals surface area contributed by atoms with Gasteiger partial charge in [-0.25, -0.2) is 15.0 Å². The van der Waals surface area contributed by atoms with Crippen molar-refractivity contribution >= 4 is 76.1 Å². The van der Waals surface area contributed by atoms with Crippen LogP contribution in [0.15, 0.2) is 174 Å². The average Bonchev–Trinajstić information content (AvgIpc) is 3.78. The van der Waals surface area contributed by atoms with E-state index in [1.54, 1.807) is 0 Å². The maximum atomic E-state index is 6.70. The lowest BCUT2D eigenvalue weighted by atomic mass is 9.91. The molecule has 0 atom stereocenters. The van der Waals surface area contributed by atoms with Crippen molar-refractivity contribution in [2.75, 3.05) is 0 Å². The topological polar surface area (TPSA) is 56.7 Å². The molecule has 54 heavy (non-hydrogen) atoms. The highest BCUT2D eigenvalue weighted by Crippen LogP contribution is 2.47. The van der Waals surface area contributed by atoms with Crippen LogP contribution in [0.3, 0.4) is 0 Å². The minimum atomic E-state index is 0.588. The molecule has 0 unspecified atom stereocenters. The van der Waals surface area contributed by atoms with Gasteiger partial charge >= 0.3 is 0 Å². The second-order valence-corrected chi connectivity index (χ2v) is 14.0. The first-order chi connectivity index (χ1) is 26.8. The molecule has 5 heteroatoms. The van der Waals surface area contributed by atoms with E-state index in [4.69, 9.17) is 19.4 Å². The molecule has 0 spiro atoms. The Bertz CT molecular complexity index is 3370. The highest BCUT2D eigenvalue weighted by molar-refractivity contribution is 6.39. The van der Waals surface area contributed by atoms with Gasteiger partial charge in [-0.3, -0.25) is 0 Å². The van der Waals surface area contributed by atoms with Gasteiger partial charge < -0.3 is 8.98 Å². The third-order valence-corrected chi connectivity index (χ3v) is 11.0. The van der Waals surface area contributed by atoms with Crippen LogP contribution in [0, 0.1) is 0 Å². The number of fused-ring (bicyclic) bond motifs is 8. The van der Waals surface area contributed by atoms with Crippen molar-refractivity contribution in [1.29, 1.82) is 0 Å². The Morgan fingerprint density at radius 1 is 0.370 bits per heavy atom. The molecule has 0 radical (unpaired) electrons. The Morgan fingerprint density at radius 2 is 0.963 bits per heavy atom. The number of hydrogen-bond acceptors (Lipinski definition) is 4. The van der Waals surface area contributed by atoms with E-state index in [9.17, 15) is 0 Å². The van der Waals surface area contributed by atoms with Crippen molar-refractivity contribution in [3.05, 3.63) is 170 Å². The van der Waals surface area contributed by atoms with E-state index in [0.717, 1.165) is 55.3 Å². The fraction of sp³-hybridized carbons (Fsp3) is 0. The molecule has 0 amide bonds. The summed E-state index contributed by atoms with van der Waals surface area (Å²) in [4.78, 5) is 15.4. The fourth-order valence-electron chi connectivity index (χ4n) is 8.67. The molecule has 12 rings (SSSR count). The number of rotatable bonds is 4. The molecule has 0 saturated heterocycles. The van der Waals surface area contributed by atoms with Crippen LogP contribution in [0.25, 0.3) is 116 Å². The second-order valence-electron chi connectivity index (χ2n) is 14.0. The molecule has 5 nitrogen and oxygen atoms in total. The highest BCUT2D eigenvalue weighted by atomic mass is 16.3. The van der Waals surface area contributed by atoms with Crippen LogP contribution in [0.5, 0.6) is 0 Å². The molecule has 3 aromatic heterocycles. The van der Waals surface area contributed by atoms with Gasteiger partial charge in [-0.05, 0) is 51.2 Å². The summed E-state index contributed by atoms with van der Waals surface area (Å²) in [7, 11) is 0. The number of nitrogens with zero attached hydrogens (tertiary/aromatic N) is 4. The van der Waals surface area contributed by atoms with Crippen LogP contribution >= 0.6 is 0 Å². The maximum absolute atomic E-state index is 6.70. The summed E-state index contributed by atoms with van der Waals surface area (Å²) in [6.45, 7) is 0. The Kier molecular flexibility index (Phi) is 5.99. The van der Waals surface area contributed by atoms with E-state index in [1.807, 2.05) is 72.8 Å². The summed E-state index contributed by atoms with van der Waals surface area (Å²) in [5.74, 6) is 1.82. The van der Waals surface area contributed by atoms with Crippen LogP contribution in [-0.2, 0) is 0 Å². The van der Waals surface area contributed by atoms with Gasteiger partial charge in [-0.1, -0.05) is 140 Å². The monoisotopic (exact) mass is 688 g/mol. The van der Waals surface area contributed by atoms with Crippen LogP contribution < -0.4 is 0 Å². The molecule has 9 aromatic carbocycles. The van der Waals surface area contributed by atoms with Gasteiger partial charge in [0.25, 0.3) is 0 Å². The number of furan rings is 1. The number of hydrogen-bond donors (Lipinski definition) is 0. The molecule has 0 aliphatic heterocycles. The van der Waals surface area contributed by atoms with Gasteiger partial charge in [-0.15, -0.1) is 0 Å². The lowest BCUT2D eigenvalue weighted by Crippen LogP contribution is -2.01. The molecule has 250 valence electrons. The van der Waals surface area contributed by atoms with Crippen molar-refractivity contribution < 1.29 is 4.42 Å². The van der Waals surface area contributed by atoms with E-state index in [1.165, 1.54) is 43.1 Å². The third-order valence-electron chi connectivity index (χ3n) is 11.0. The zero-order valence-corrected chi connectivity index (χ0v) is 28.9. The summed E-state index contributed by atoms with van der Waals surface area (Å²) in [5, 5.41) is 12.0. The number of benzene rings is 9. The summed E-state index contributed by atoms with van der Waals surface area (Å²) in [6.07, 6.45) is 0. The second kappa shape index (κ2) is 11.1. The standard InChI is InChI=1S/C49H28N4O/c1-3-14-29(15-4-1)47-50-48(30-16-5-2-6-17-30)52-49(51-47)38-27-32(28-42-43(38)37-22-11-12-25-41(37)54-42)53-39-24-13-23-36-34-20-9-10-21-35(34)44-33-19-8-7-18-31(33)26-40(53)46(44)45(36)39/h1-28H. The molecule has 0 saturated carbocycles. The molecular formula is C49H28N4O. The molecule has 3 heterocycles. The van der Waals surface area contributed by atoms with Crippen molar-refractivity contribution in [3.8, 4) is 39.9 Å². The van der Waals surface area contributed by atoms with Gasteiger partial charge in [0, 0.05) is 49.7 Å². The smallest absolute Gasteiger partial charge is 0.164 e. The highest BCUT2D eigenvalue weighted by Gasteiger charge is 2.24. The molecule has 0 aliphatic carbocycles. The molecular weight excluding hydrogens is 661 g/mol. The lowest BCUT2D eigenvalue weighted by molar-refractivity contribution is 0.668. The first kappa shape index (κ1) is 29.2. The normalized spacial score (nSPS) is 12.1. The van der Waals surface area contributed by atoms with Gasteiger partial charge in [0.1, 0.15) is 11.2 Å². The first-order valence-electron chi connectivity index (χ1n) is 18.2. The summed E-state index contributed by atoms with van der Waals surface area (Å²) in [6, 6.07) is 59.5. The van der Waals surface area contributed by atoms with Gasteiger partial charge in [0.15, 0.2) is 17.5 Å². The molecule has 12 aromatic rings. The van der Waals surface area contributed by atoms with Crippen molar-refractivity contribution in [2.24, 2.45) is 0 Å². The Hall–Kier alpha value is -7.37. The van der Waals surface area contributed by atoms with E-state index < -0.39 is 0 Å². The largest absolute Gasteiger partial charge is 0.456 e. The van der Waals surface area contributed by atoms with E-state index >= 15 is 0 Å². The summed E-state index contributed by atoms with van der Waals surface area (Å²) >= 11 is 0. The predicted octanol–water partition coefficient (Wildman–Crippen LogP) is 12.8. The zero-order valence-electron chi connectivity index (χ0n) is 28.9.